The maximum absolute atomic E-state index is 4.24. The van der Waals surface area contributed by atoms with Gasteiger partial charge < -0.3 is 4.48 Å². The molecule has 0 aromatic carbocycles. The van der Waals surface area contributed by atoms with Crippen molar-refractivity contribution in [3.05, 3.63) is 0 Å². The highest BCUT2D eigenvalue weighted by Gasteiger charge is 2.04. The summed E-state index contributed by atoms with van der Waals surface area (Å²) in [5, 5.41) is 0. The third-order valence-electron chi connectivity index (χ3n) is 1.21. The molecule has 3 heteroatoms. The van der Waals surface area contributed by atoms with Gasteiger partial charge in [0.2, 0.25) is 0 Å². The summed E-state index contributed by atoms with van der Waals surface area (Å²) in [4.78, 5) is 0. The normalized spacial score (nSPS) is 15.2. The Kier molecular flexibility index (Phi) is 4.65. The van der Waals surface area contributed by atoms with Crippen LogP contribution in [0.4, 0.5) is 0 Å². The quantitative estimate of drug-likeness (QED) is 0.289. The first-order chi connectivity index (χ1) is 4.42. The van der Waals surface area contributed by atoms with Crippen molar-refractivity contribution in [2.45, 2.75) is 6.42 Å². The zero-order valence-corrected chi connectivity index (χ0v) is 8.84. The molecule has 0 aliphatic rings. The van der Waals surface area contributed by atoms with E-state index in [0.717, 1.165) is 10.2 Å². The molecule has 0 aromatic rings. The number of thiol groups is 1. The van der Waals surface area contributed by atoms with E-state index in [1.54, 1.807) is 0 Å². The first-order valence-corrected chi connectivity index (χ1v) is 6.03. The van der Waals surface area contributed by atoms with Gasteiger partial charge in [0.25, 0.3) is 0 Å². The van der Waals surface area contributed by atoms with Crippen LogP contribution < -0.4 is 0 Å². The van der Waals surface area contributed by atoms with Gasteiger partial charge in [-0.25, -0.2) is 0 Å². The Morgan fingerprint density at radius 1 is 1.40 bits per heavy atom. The molecular weight excluding hydrogens is 162 g/mol. The second kappa shape index (κ2) is 4.42. The molecule has 0 aromatic heterocycles. The highest BCUT2D eigenvalue weighted by Crippen LogP contribution is 2.15. The van der Waals surface area contributed by atoms with E-state index in [2.05, 4.69) is 38.7 Å². The van der Waals surface area contributed by atoms with E-state index in [9.17, 15) is 0 Å². The molecule has 1 atom stereocenters. The van der Waals surface area contributed by atoms with Crippen LogP contribution in [-0.2, 0) is 0 Å². The van der Waals surface area contributed by atoms with Crippen LogP contribution in [0.5, 0.6) is 0 Å². The van der Waals surface area contributed by atoms with Crippen LogP contribution in [0, 0.1) is 0 Å². The summed E-state index contributed by atoms with van der Waals surface area (Å²) >= 11 is 4.24. The Morgan fingerprint density at radius 3 is 2.20 bits per heavy atom. The Hall–Kier alpha value is 0.530. The number of quaternary nitrogens is 1. The van der Waals surface area contributed by atoms with E-state index in [1.807, 2.05) is 0 Å². The third-order valence-corrected chi connectivity index (χ3v) is 2.52. The molecule has 0 bridgehead atoms. The van der Waals surface area contributed by atoms with Crippen molar-refractivity contribution in [2.75, 3.05) is 33.4 Å². The largest absolute Gasteiger partial charge is 0.331 e. The fourth-order valence-corrected chi connectivity index (χ4v) is 1.56. The fourth-order valence-electron chi connectivity index (χ4n) is 0.706. The molecule has 1 nitrogen and oxygen atoms in total. The monoisotopic (exact) mass is 180 g/mol. The van der Waals surface area contributed by atoms with Gasteiger partial charge in [-0.2, -0.15) is 0 Å². The van der Waals surface area contributed by atoms with Crippen LogP contribution in [0.1, 0.15) is 6.42 Å². The van der Waals surface area contributed by atoms with Crippen LogP contribution in [-0.4, -0.2) is 43.8 Å². The van der Waals surface area contributed by atoms with Crippen molar-refractivity contribution in [3.8, 4) is 0 Å². The number of hydrogen-bond acceptors (Lipinski definition) is 1. The maximum Gasteiger partial charge on any atom is 0.0788 e. The van der Waals surface area contributed by atoms with E-state index < -0.39 is 0 Å². The lowest BCUT2D eigenvalue weighted by Crippen LogP contribution is -2.35. The maximum atomic E-state index is 4.24. The minimum atomic E-state index is 0.0842. The Morgan fingerprint density at radius 2 is 1.90 bits per heavy atom. The third kappa shape index (κ3) is 8.53. The molecule has 0 spiro atoms. The lowest BCUT2D eigenvalue weighted by atomic mass is 10.4. The van der Waals surface area contributed by atoms with Crippen LogP contribution in [0.15, 0.2) is 0 Å². The molecule has 1 unspecified atom stereocenters. The molecule has 0 saturated heterocycles. The molecule has 0 N–H and O–H groups in total. The smallest absolute Gasteiger partial charge is 0.0788 e. The van der Waals surface area contributed by atoms with E-state index in [4.69, 9.17) is 0 Å². The standard InChI is InChI=1S/C7H18NS2/c1-8(2,3)6-5-7-10(4)9/h9H,4-7H2,1-3H3/q+1. The predicted octanol–water partition coefficient (Wildman–Crippen LogP) is 1.63. The van der Waals surface area contributed by atoms with Crippen molar-refractivity contribution < 1.29 is 4.48 Å². The topological polar surface area (TPSA) is 0 Å². The lowest BCUT2D eigenvalue weighted by molar-refractivity contribution is -0.870. The first-order valence-electron chi connectivity index (χ1n) is 3.42. The van der Waals surface area contributed by atoms with Crippen LogP contribution in [0.2, 0.25) is 0 Å². The highest BCUT2D eigenvalue weighted by atomic mass is 33.1. The van der Waals surface area contributed by atoms with Crippen LogP contribution >= 0.6 is 21.2 Å². The van der Waals surface area contributed by atoms with Gasteiger partial charge >= 0.3 is 0 Å². The van der Waals surface area contributed by atoms with Gasteiger partial charge in [0.05, 0.1) is 27.7 Å². The summed E-state index contributed by atoms with van der Waals surface area (Å²) < 4.78 is 1.05. The van der Waals surface area contributed by atoms with Gasteiger partial charge in [0.15, 0.2) is 0 Å². The molecule has 0 fully saturated rings. The molecule has 10 heavy (non-hydrogen) atoms. The molecule has 0 radical (unpaired) electrons. The van der Waals surface area contributed by atoms with E-state index in [1.165, 1.54) is 13.0 Å². The molecule has 0 aliphatic carbocycles. The summed E-state index contributed by atoms with van der Waals surface area (Å²) in [7, 11) is 6.71. The second-order valence-corrected chi connectivity index (χ2v) is 6.42. The molecular formula is C7H18NS2+. The minimum Gasteiger partial charge on any atom is -0.331 e. The van der Waals surface area contributed by atoms with Gasteiger partial charge in [0, 0.05) is 12.2 Å². The predicted molar refractivity (Wildman–Crippen MR) is 56.1 cm³/mol. The van der Waals surface area contributed by atoms with E-state index in [0.29, 0.717) is 0 Å². The molecule has 0 heterocycles. The van der Waals surface area contributed by atoms with Crippen LogP contribution in [0.3, 0.4) is 0 Å². The van der Waals surface area contributed by atoms with Gasteiger partial charge in [0.1, 0.15) is 0 Å². The lowest BCUT2D eigenvalue weighted by Gasteiger charge is -2.23. The average Bonchev–Trinajstić information content (AvgIpc) is 1.59. The Labute approximate surface area is 71.7 Å². The van der Waals surface area contributed by atoms with Gasteiger partial charge in [-0.15, -0.1) is 21.2 Å². The molecule has 0 aliphatic heterocycles. The van der Waals surface area contributed by atoms with Crippen molar-refractivity contribution in [2.24, 2.45) is 0 Å². The van der Waals surface area contributed by atoms with Crippen LogP contribution in [0.25, 0.3) is 0 Å². The molecule has 0 rings (SSSR count). The van der Waals surface area contributed by atoms with Gasteiger partial charge in [-0.1, -0.05) is 5.87 Å². The highest BCUT2D eigenvalue weighted by molar-refractivity contribution is 8.76. The van der Waals surface area contributed by atoms with Crippen molar-refractivity contribution in [1.82, 2.24) is 0 Å². The van der Waals surface area contributed by atoms with Gasteiger partial charge in [-0.05, 0) is 0 Å². The Bertz CT molecular complexity index is 115. The summed E-state index contributed by atoms with van der Waals surface area (Å²) in [5.41, 5.74) is 0. The Balaban J connectivity index is 3.29. The molecule has 0 saturated carbocycles. The van der Waals surface area contributed by atoms with E-state index >= 15 is 0 Å². The minimum absolute atomic E-state index is 0.0842. The number of hydrogen-bond donors (Lipinski definition) is 1. The number of nitrogens with zero attached hydrogens (tertiary/aromatic N) is 1. The molecule has 0 amide bonds. The zero-order valence-electron chi connectivity index (χ0n) is 7.13. The average molecular weight is 180 g/mol. The van der Waals surface area contributed by atoms with Crippen molar-refractivity contribution in [3.63, 3.8) is 0 Å². The van der Waals surface area contributed by atoms with Gasteiger partial charge in [-0.3, -0.25) is 0 Å². The second-order valence-electron chi connectivity index (χ2n) is 3.53. The van der Waals surface area contributed by atoms with Crippen molar-refractivity contribution in [1.29, 1.82) is 0 Å². The summed E-state index contributed by atoms with van der Waals surface area (Å²) in [5.74, 6) is 4.99. The summed E-state index contributed by atoms with van der Waals surface area (Å²) in [6, 6.07) is 0. The van der Waals surface area contributed by atoms with Crippen molar-refractivity contribution >= 4 is 27.0 Å². The van der Waals surface area contributed by atoms with E-state index in [-0.39, 0.29) is 9.52 Å². The SMILES string of the molecule is C=S(S)CCC[N+](C)(C)C. The number of rotatable bonds is 4. The zero-order chi connectivity index (χ0) is 8.20. The first kappa shape index (κ1) is 10.5. The fraction of sp³-hybridized carbons (Fsp3) is 0.857. The summed E-state index contributed by atoms with van der Waals surface area (Å²) in [6.07, 6.45) is 1.24. The molecule has 62 valence electrons. The summed E-state index contributed by atoms with van der Waals surface area (Å²) in [6.45, 7) is 1.22.